The molecule has 1 amide bonds. The fourth-order valence-corrected chi connectivity index (χ4v) is 2.63. The van der Waals surface area contributed by atoms with Gasteiger partial charge < -0.3 is 20.7 Å². The first kappa shape index (κ1) is 14.7. The molecule has 0 spiro atoms. The van der Waals surface area contributed by atoms with Gasteiger partial charge in [-0.15, -0.1) is 0 Å². The molecular weight excluding hydrogens is 254 g/mol. The standard InChI is InChI=1S/C15H23N3O2/c1-3-18-10-8-15(9-11-18,14(16)19)17-12-4-6-13(20-2)7-5-12/h4-7,17H,3,8-11H2,1-2H3,(H2,16,19). The van der Waals surface area contributed by atoms with E-state index in [-0.39, 0.29) is 5.91 Å². The van der Waals surface area contributed by atoms with Gasteiger partial charge in [0.05, 0.1) is 7.11 Å². The van der Waals surface area contributed by atoms with Gasteiger partial charge in [-0.2, -0.15) is 0 Å². The number of hydrogen-bond donors (Lipinski definition) is 2. The number of nitrogens with two attached hydrogens (primary N) is 1. The Hall–Kier alpha value is -1.75. The van der Waals surface area contributed by atoms with Crippen LogP contribution in [-0.4, -0.2) is 43.1 Å². The number of hydrogen-bond acceptors (Lipinski definition) is 4. The number of nitrogens with one attached hydrogen (secondary N) is 1. The fraction of sp³-hybridized carbons (Fsp3) is 0.533. The number of methoxy groups -OCH3 is 1. The minimum atomic E-state index is -0.639. The first-order valence-corrected chi connectivity index (χ1v) is 7.04. The quantitative estimate of drug-likeness (QED) is 0.855. The normalized spacial score (nSPS) is 18.5. The van der Waals surface area contributed by atoms with Crippen molar-refractivity contribution in [2.24, 2.45) is 5.73 Å². The number of carbonyl (C=O) groups excluding carboxylic acids is 1. The molecule has 1 aliphatic rings. The summed E-state index contributed by atoms with van der Waals surface area (Å²) in [5.74, 6) is 0.522. The average Bonchev–Trinajstić information content (AvgIpc) is 2.48. The lowest BCUT2D eigenvalue weighted by Crippen LogP contribution is -2.57. The SMILES string of the molecule is CCN1CCC(Nc2ccc(OC)cc2)(C(N)=O)CC1. The molecule has 5 heteroatoms. The van der Waals surface area contributed by atoms with Crippen LogP contribution in [0.15, 0.2) is 24.3 Å². The molecule has 0 radical (unpaired) electrons. The second kappa shape index (κ2) is 6.13. The Labute approximate surface area is 120 Å². The third-order valence-corrected chi connectivity index (χ3v) is 4.10. The molecule has 110 valence electrons. The van der Waals surface area contributed by atoms with Crippen molar-refractivity contribution in [3.8, 4) is 5.75 Å². The molecule has 5 nitrogen and oxygen atoms in total. The van der Waals surface area contributed by atoms with Gasteiger partial charge in [0.1, 0.15) is 11.3 Å². The van der Waals surface area contributed by atoms with Crippen LogP contribution in [0.3, 0.4) is 0 Å². The highest BCUT2D eigenvalue weighted by Crippen LogP contribution is 2.27. The highest BCUT2D eigenvalue weighted by atomic mass is 16.5. The summed E-state index contributed by atoms with van der Waals surface area (Å²) in [4.78, 5) is 14.2. The smallest absolute Gasteiger partial charge is 0.243 e. The van der Waals surface area contributed by atoms with E-state index in [2.05, 4.69) is 17.1 Å². The van der Waals surface area contributed by atoms with Crippen molar-refractivity contribution >= 4 is 11.6 Å². The minimum Gasteiger partial charge on any atom is -0.497 e. The summed E-state index contributed by atoms with van der Waals surface area (Å²) in [6.07, 6.45) is 1.48. The van der Waals surface area contributed by atoms with Gasteiger partial charge in [-0.05, 0) is 43.7 Å². The van der Waals surface area contributed by atoms with Crippen molar-refractivity contribution in [3.05, 3.63) is 24.3 Å². The predicted octanol–water partition coefficient (Wildman–Crippen LogP) is 1.45. The van der Waals surface area contributed by atoms with Crippen molar-refractivity contribution < 1.29 is 9.53 Å². The molecule has 1 aliphatic heterocycles. The third-order valence-electron chi connectivity index (χ3n) is 4.10. The molecule has 0 unspecified atom stereocenters. The highest BCUT2D eigenvalue weighted by molar-refractivity contribution is 5.88. The second-order valence-electron chi connectivity index (χ2n) is 5.23. The lowest BCUT2D eigenvalue weighted by atomic mass is 9.86. The zero-order valence-electron chi connectivity index (χ0n) is 12.2. The van der Waals surface area contributed by atoms with Gasteiger partial charge in [-0.3, -0.25) is 4.79 Å². The maximum absolute atomic E-state index is 11.9. The van der Waals surface area contributed by atoms with E-state index in [4.69, 9.17) is 10.5 Å². The Morgan fingerprint density at radius 1 is 1.35 bits per heavy atom. The zero-order valence-corrected chi connectivity index (χ0v) is 12.2. The van der Waals surface area contributed by atoms with Gasteiger partial charge in [0.2, 0.25) is 5.91 Å². The van der Waals surface area contributed by atoms with Crippen LogP contribution in [0.2, 0.25) is 0 Å². The summed E-state index contributed by atoms with van der Waals surface area (Å²) in [5.41, 5.74) is 5.91. The maximum atomic E-state index is 11.9. The molecule has 0 aromatic heterocycles. The van der Waals surface area contributed by atoms with E-state index in [0.717, 1.165) is 43.9 Å². The third kappa shape index (κ3) is 3.04. The Morgan fingerprint density at radius 3 is 2.40 bits per heavy atom. The molecule has 0 bridgehead atoms. The van der Waals surface area contributed by atoms with Gasteiger partial charge in [0.25, 0.3) is 0 Å². The maximum Gasteiger partial charge on any atom is 0.243 e. The summed E-state index contributed by atoms with van der Waals surface area (Å²) in [7, 11) is 1.63. The van der Waals surface area contributed by atoms with E-state index in [0.29, 0.717) is 0 Å². The van der Waals surface area contributed by atoms with Crippen molar-refractivity contribution in [1.29, 1.82) is 0 Å². The number of piperidine rings is 1. The predicted molar refractivity (Wildman–Crippen MR) is 79.9 cm³/mol. The number of ether oxygens (including phenoxy) is 1. The lowest BCUT2D eigenvalue weighted by Gasteiger charge is -2.40. The zero-order chi connectivity index (χ0) is 14.6. The molecule has 0 saturated carbocycles. The fourth-order valence-electron chi connectivity index (χ4n) is 2.63. The lowest BCUT2D eigenvalue weighted by molar-refractivity contribution is -0.123. The van der Waals surface area contributed by atoms with Gasteiger partial charge >= 0.3 is 0 Å². The number of likely N-dealkylation sites (tertiary alicyclic amines) is 1. The molecule has 20 heavy (non-hydrogen) atoms. The molecule has 1 saturated heterocycles. The summed E-state index contributed by atoms with van der Waals surface area (Å²) < 4.78 is 5.13. The van der Waals surface area contributed by atoms with E-state index < -0.39 is 5.54 Å². The van der Waals surface area contributed by atoms with Crippen molar-refractivity contribution in [2.75, 3.05) is 32.1 Å². The highest BCUT2D eigenvalue weighted by Gasteiger charge is 2.39. The number of benzene rings is 1. The van der Waals surface area contributed by atoms with Crippen LogP contribution < -0.4 is 15.8 Å². The van der Waals surface area contributed by atoms with Crippen LogP contribution in [0, 0.1) is 0 Å². The Balaban J connectivity index is 2.11. The Morgan fingerprint density at radius 2 is 1.95 bits per heavy atom. The van der Waals surface area contributed by atoms with Gasteiger partial charge in [-0.25, -0.2) is 0 Å². The summed E-state index contributed by atoms with van der Waals surface area (Å²) in [5, 5.41) is 3.33. The number of nitrogens with zero attached hydrogens (tertiary/aromatic N) is 1. The second-order valence-corrected chi connectivity index (χ2v) is 5.23. The first-order valence-electron chi connectivity index (χ1n) is 7.04. The van der Waals surface area contributed by atoms with Gasteiger partial charge in [0.15, 0.2) is 0 Å². The number of rotatable bonds is 5. The average molecular weight is 277 g/mol. The van der Waals surface area contributed by atoms with E-state index in [1.165, 1.54) is 0 Å². The van der Waals surface area contributed by atoms with Crippen LogP contribution in [0.25, 0.3) is 0 Å². The van der Waals surface area contributed by atoms with Crippen LogP contribution in [-0.2, 0) is 4.79 Å². The molecular formula is C15H23N3O2. The molecule has 1 aromatic carbocycles. The molecule has 1 aromatic rings. The summed E-state index contributed by atoms with van der Waals surface area (Å²) in [6.45, 7) is 4.93. The number of carbonyl (C=O) groups is 1. The summed E-state index contributed by atoms with van der Waals surface area (Å²) in [6, 6.07) is 7.57. The first-order chi connectivity index (χ1) is 9.59. The van der Waals surface area contributed by atoms with Crippen LogP contribution in [0.5, 0.6) is 5.75 Å². The summed E-state index contributed by atoms with van der Waals surface area (Å²) >= 11 is 0. The molecule has 0 atom stereocenters. The minimum absolute atomic E-state index is 0.274. The van der Waals surface area contributed by atoms with Crippen LogP contribution in [0.4, 0.5) is 5.69 Å². The van der Waals surface area contributed by atoms with Gasteiger partial charge in [-0.1, -0.05) is 6.92 Å². The van der Waals surface area contributed by atoms with Crippen LogP contribution >= 0.6 is 0 Å². The monoisotopic (exact) mass is 277 g/mol. The van der Waals surface area contributed by atoms with E-state index in [1.807, 2.05) is 24.3 Å². The van der Waals surface area contributed by atoms with Crippen LogP contribution in [0.1, 0.15) is 19.8 Å². The van der Waals surface area contributed by atoms with E-state index in [9.17, 15) is 4.79 Å². The molecule has 0 aliphatic carbocycles. The number of amides is 1. The largest absolute Gasteiger partial charge is 0.497 e. The van der Waals surface area contributed by atoms with Crippen molar-refractivity contribution in [2.45, 2.75) is 25.3 Å². The molecule has 2 rings (SSSR count). The van der Waals surface area contributed by atoms with Gasteiger partial charge in [0, 0.05) is 18.8 Å². The molecule has 3 N–H and O–H groups in total. The van der Waals surface area contributed by atoms with Crippen molar-refractivity contribution in [3.63, 3.8) is 0 Å². The molecule has 1 fully saturated rings. The van der Waals surface area contributed by atoms with E-state index in [1.54, 1.807) is 7.11 Å². The number of primary amides is 1. The van der Waals surface area contributed by atoms with E-state index >= 15 is 0 Å². The Kier molecular flexibility index (Phi) is 4.49. The number of anilines is 1. The molecule has 1 heterocycles. The van der Waals surface area contributed by atoms with Crippen molar-refractivity contribution in [1.82, 2.24) is 4.90 Å². The topological polar surface area (TPSA) is 67.6 Å². The Bertz CT molecular complexity index is 451.